The summed E-state index contributed by atoms with van der Waals surface area (Å²) in [5.74, 6) is 0.284. The number of hydrogen-bond donors (Lipinski definition) is 1. The number of aliphatic hydroxyl groups is 1. The molecule has 4 heteroatoms. The van der Waals surface area contributed by atoms with Crippen molar-refractivity contribution in [3.05, 3.63) is 0 Å². The first-order chi connectivity index (χ1) is 8.31. The van der Waals surface area contributed by atoms with Crippen LogP contribution in [0.3, 0.4) is 0 Å². The quantitative estimate of drug-likeness (QED) is 0.741. The summed E-state index contributed by atoms with van der Waals surface area (Å²) in [6.45, 7) is 4.43. The van der Waals surface area contributed by atoms with Gasteiger partial charge in [0.1, 0.15) is 0 Å². The highest BCUT2D eigenvalue weighted by Crippen LogP contribution is 2.21. The lowest BCUT2D eigenvalue weighted by Crippen LogP contribution is -2.39. The second-order valence-electron chi connectivity index (χ2n) is 5.21. The van der Waals surface area contributed by atoms with E-state index in [1.165, 1.54) is 19.4 Å². The first-order valence-corrected chi connectivity index (χ1v) is 6.94. The van der Waals surface area contributed by atoms with Gasteiger partial charge in [-0.3, -0.25) is 9.69 Å². The lowest BCUT2D eigenvalue weighted by Gasteiger charge is -2.25. The molecule has 0 aromatic heterocycles. The molecule has 4 nitrogen and oxygen atoms in total. The second kappa shape index (κ2) is 6.36. The van der Waals surface area contributed by atoms with Crippen LogP contribution >= 0.6 is 0 Å². The van der Waals surface area contributed by atoms with Crippen molar-refractivity contribution in [2.24, 2.45) is 0 Å². The molecule has 0 radical (unpaired) electrons. The zero-order chi connectivity index (χ0) is 12.1. The third-order valence-electron chi connectivity index (χ3n) is 3.96. The number of carbonyl (C=O) groups excluding carboxylic acids is 1. The molecule has 0 aliphatic carbocycles. The minimum atomic E-state index is 0.198. The van der Waals surface area contributed by atoms with E-state index >= 15 is 0 Å². The van der Waals surface area contributed by atoms with Gasteiger partial charge in [0.05, 0.1) is 0 Å². The average Bonchev–Trinajstić information content (AvgIpc) is 2.66. The maximum absolute atomic E-state index is 12.0. The Morgan fingerprint density at radius 2 is 2.00 bits per heavy atom. The van der Waals surface area contributed by atoms with Crippen molar-refractivity contribution in [3.63, 3.8) is 0 Å². The molecule has 0 spiro atoms. The van der Waals surface area contributed by atoms with Gasteiger partial charge in [0, 0.05) is 38.7 Å². The molecular formula is C13H24N2O2. The Hall–Kier alpha value is -0.610. The van der Waals surface area contributed by atoms with Crippen molar-refractivity contribution in [1.82, 2.24) is 9.80 Å². The molecule has 0 aromatic rings. The van der Waals surface area contributed by atoms with E-state index in [1.807, 2.05) is 4.90 Å². The predicted octanol–water partition coefficient (Wildman–Crippen LogP) is 0.846. The van der Waals surface area contributed by atoms with Crippen molar-refractivity contribution in [1.29, 1.82) is 0 Å². The first-order valence-electron chi connectivity index (χ1n) is 6.94. The van der Waals surface area contributed by atoms with Crippen LogP contribution in [0.5, 0.6) is 0 Å². The van der Waals surface area contributed by atoms with Crippen molar-refractivity contribution >= 4 is 5.91 Å². The molecule has 1 unspecified atom stereocenters. The van der Waals surface area contributed by atoms with Gasteiger partial charge in [0.2, 0.25) is 5.91 Å². The van der Waals surface area contributed by atoms with Crippen LogP contribution < -0.4 is 0 Å². The fourth-order valence-electron chi connectivity index (χ4n) is 2.98. The molecule has 1 amide bonds. The van der Waals surface area contributed by atoms with Crippen LogP contribution in [0.15, 0.2) is 0 Å². The third-order valence-corrected chi connectivity index (χ3v) is 3.96. The van der Waals surface area contributed by atoms with Crippen molar-refractivity contribution in [2.75, 3.05) is 32.8 Å². The van der Waals surface area contributed by atoms with Gasteiger partial charge in [-0.2, -0.15) is 0 Å². The highest BCUT2D eigenvalue weighted by atomic mass is 16.3. The topological polar surface area (TPSA) is 43.8 Å². The van der Waals surface area contributed by atoms with Gasteiger partial charge in [0.25, 0.3) is 0 Å². The van der Waals surface area contributed by atoms with Crippen LogP contribution in [-0.4, -0.2) is 59.6 Å². The largest absolute Gasteiger partial charge is 0.396 e. The summed E-state index contributed by atoms with van der Waals surface area (Å²) in [5, 5.41) is 8.73. The van der Waals surface area contributed by atoms with Gasteiger partial charge < -0.3 is 10.0 Å². The lowest BCUT2D eigenvalue weighted by atomic mass is 10.2. The van der Waals surface area contributed by atoms with E-state index in [0.29, 0.717) is 12.5 Å². The molecule has 0 saturated carbocycles. The Labute approximate surface area is 104 Å². The van der Waals surface area contributed by atoms with E-state index in [0.717, 1.165) is 38.9 Å². The molecule has 1 N–H and O–H groups in total. The third kappa shape index (κ3) is 3.42. The van der Waals surface area contributed by atoms with E-state index in [2.05, 4.69) is 4.90 Å². The van der Waals surface area contributed by atoms with E-state index in [9.17, 15) is 4.79 Å². The number of rotatable bonds is 4. The van der Waals surface area contributed by atoms with Crippen LogP contribution in [0.2, 0.25) is 0 Å². The molecule has 2 fully saturated rings. The predicted molar refractivity (Wildman–Crippen MR) is 66.7 cm³/mol. The molecule has 1 atom stereocenters. The van der Waals surface area contributed by atoms with Gasteiger partial charge >= 0.3 is 0 Å². The number of nitrogens with zero attached hydrogens (tertiary/aromatic N) is 2. The van der Waals surface area contributed by atoms with Crippen LogP contribution in [0.1, 0.15) is 38.5 Å². The maximum Gasteiger partial charge on any atom is 0.222 e. The second-order valence-corrected chi connectivity index (χ2v) is 5.21. The number of fused-ring (bicyclic) bond motifs is 1. The van der Waals surface area contributed by atoms with E-state index < -0.39 is 0 Å². The number of carbonyl (C=O) groups is 1. The summed E-state index contributed by atoms with van der Waals surface area (Å²) >= 11 is 0. The highest BCUT2D eigenvalue weighted by molar-refractivity contribution is 5.76. The Morgan fingerprint density at radius 3 is 2.82 bits per heavy atom. The normalized spacial score (nSPS) is 25.7. The number of hydrogen-bond acceptors (Lipinski definition) is 3. The standard InChI is InChI=1S/C13H24N2O2/c16-10-2-1-6-13(17)15-9-4-8-14-7-3-5-12(14)11-15/h12,16H,1-11H2. The average molecular weight is 240 g/mol. The molecule has 2 saturated heterocycles. The summed E-state index contributed by atoms with van der Waals surface area (Å²) in [4.78, 5) is 16.6. The molecule has 98 valence electrons. The van der Waals surface area contributed by atoms with Crippen molar-refractivity contribution in [2.45, 2.75) is 44.6 Å². The Morgan fingerprint density at radius 1 is 1.18 bits per heavy atom. The smallest absolute Gasteiger partial charge is 0.222 e. The summed E-state index contributed by atoms with van der Waals surface area (Å²) in [6.07, 6.45) is 5.82. The zero-order valence-corrected chi connectivity index (χ0v) is 10.6. The zero-order valence-electron chi connectivity index (χ0n) is 10.6. The molecule has 17 heavy (non-hydrogen) atoms. The van der Waals surface area contributed by atoms with E-state index in [4.69, 9.17) is 5.11 Å². The van der Waals surface area contributed by atoms with Gasteiger partial charge in [-0.25, -0.2) is 0 Å². The lowest BCUT2D eigenvalue weighted by molar-refractivity contribution is -0.131. The van der Waals surface area contributed by atoms with Crippen molar-refractivity contribution in [3.8, 4) is 0 Å². The first kappa shape index (κ1) is 12.8. The van der Waals surface area contributed by atoms with Crippen LogP contribution in [0.25, 0.3) is 0 Å². The van der Waals surface area contributed by atoms with Crippen LogP contribution in [0.4, 0.5) is 0 Å². The molecular weight excluding hydrogens is 216 g/mol. The monoisotopic (exact) mass is 240 g/mol. The fraction of sp³-hybridized carbons (Fsp3) is 0.923. The SMILES string of the molecule is O=C(CCCCO)N1CCCN2CCCC2C1. The molecule has 2 heterocycles. The Kier molecular flexibility index (Phi) is 4.80. The summed E-state index contributed by atoms with van der Waals surface area (Å²) in [6, 6.07) is 0.610. The molecule has 0 bridgehead atoms. The molecule has 2 aliphatic heterocycles. The summed E-state index contributed by atoms with van der Waals surface area (Å²) in [7, 11) is 0. The number of amides is 1. The van der Waals surface area contributed by atoms with E-state index in [-0.39, 0.29) is 12.5 Å². The van der Waals surface area contributed by atoms with Crippen LogP contribution in [-0.2, 0) is 4.79 Å². The van der Waals surface area contributed by atoms with E-state index in [1.54, 1.807) is 0 Å². The van der Waals surface area contributed by atoms with Crippen molar-refractivity contribution < 1.29 is 9.90 Å². The number of aliphatic hydroxyl groups excluding tert-OH is 1. The van der Waals surface area contributed by atoms with Gasteiger partial charge in [-0.15, -0.1) is 0 Å². The summed E-state index contributed by atoms with van der Waals surface area (Å²) in [5.41, 5.74) is 0. The minimum absolute atomic E-state index is 0.198. The highest BCUT2D eigenvalue weighted by Gasteiger charge is 2.30. The fourth-order valence-corrected chi connectivity index (χ4v) is 2.98. The molecule has 2 aliphatic rings. The van der Waals surface area contributed by atoms with Gasteiger partial charge in [0.15, 0.2) is 0 Å². The van der Waals surface area contributed by atoms with Gasteiger partial charge in [-0.1, -0.05) is 0 Å². The van der Waals surface area contributed by atoms with Gasteiger partial charge in [-0.05, 0) is 38.6 Å². The maximum atomic E-state index is 12.0. The molecule has 2 rings (SSSR count). The Balaban J connectivity index is 1.81. The summed E-state index contributed by atoms with van der Waals surface area (Å²) < 4.78 is 0. The number of unbranched alkanes of at least 4 members (excludes halogenated alkanes) is 1. The molecule has 0 aromatic carbocycles. The van der Waals surface area contributed by atoms with Crippen LogP contribution in [0, 0.1) is 0 Å². The Bertz CT molecular complexity index is 258. The minimum Gasteiger partial charge on any atom is -0.396 e.